The first kappa shape index (κ1) is 9.88. The van der Waals surface area contributed by atoms with E-state index in [0.29, 0.717) is 0 Å². The molecule has 0 saturated carbocycles. The second kappa shape index (κ2) is 3.68. The van der Waals surface area contributed by atoms with E-state index in [1.807, 2.05) is 0 Å². The molecule has 1 rings (SSSR count). The van der Waals surface area contributed by atoms with Crippen molar-refractivity contribution in [2.75, 3.05) is 6.61 Å². The first-order chi connectivity index (χ1) is 5.57. The predicted molar refractivity (Wildman–Crippen MR) is 39.1 cm³/mol. The molecule has 0 radical (unpaired) electrons. The lowest BCUT2D eigenvalue weighted by molar-refractivity contribution is -0.266. The molecule has 72 valence electrons. The third-order valence-electron chi connectivity index (χ3n) is 2.21. The smallest absolute Gasteiger partial charge is 0.160 e. The molecule has 5 heteroatoms. The van der Waals surface area contributed by atoms with Crippen molar-refractivity contribution in [3.8, 4) is 0 Å². The lowest BCUT2D eigenvalue weighted by Crippen LogP contribution is -2.54. The standard InChI is InChI=1S/C7H14O5/c1-3-5(9)6(10)4(2-8)12-7(3)11/h3-11H,2H2,1H3/t3?,4?,5-,6+,7-/m1/s1. The predicted octanol–water partition coefficient (Wildman–Crippen LogP) is -1.95. The SMILES string of the molecule is CC1[C@H](O)OC(CO)[C@H](O)[C@@H]1O. The molecule has 5 atom stereocenters. The van der Waals surface area contributed by atoms with Crippen LogP contribution in [0.4, 0.5) is 0 Å². The van der Waals surface area contributed by atoms with E-state index >= 15 is 0 Å². The molecule has 4 N–H and O–H groups in total. The summed E-state index contributed by atoms with van der Waals surface area (Å²) in [6.45, 7) is 1.15. The largest absolute Gasteiger partial charge is 0.394 e. The van der Waals surface area contributed by atoms with E-state index in [1.54, 1.807) is 6.92 Å². The van der Waals surface area contributed by atoms with Gasteiger partial charge in [-0.3, -0.25) is 0 Å². The molecule has 0 amide bonds. The topological polar surface area (TPSA) is 90.2 Å². The van der Waals surface area contributed by atoms with Gasteiger partial charge in [0, 0.05) is 5.92 Å². The summed E-state index contributed by atoms with van der Waals surface area (Å²) in [5, 5.41) is 36.4. The first-order valence-electron chi connectivity index (χ1n) is 3.88. The van der Waals surface area contributed by atoms with E-state index < -0.39 is 37.1 Å². The zero-order valence-corrected chi connectivity index (χ0v) is 6.79. The van der Waals surface area contributed by atoms with Gasteiger partial charge in [0.25, 0.3) is 0 Å². The summed E-state index contributed by atoms with van der Waals surface area (Å²) >= 11 is 0. The second-order valence-corrected chi connectivity index (χ2v) is 3.09. The minimum Gasteiger partial charge on any atom is -0.394 e. The van der Waals surface area contributed by atoms with Crippen molar-refractivity contribution in [1.29, 1.82) is 0 Å². The van der Waals surface area contributed by atoms with E-state index in [-0.39, 0.29) is 0 Å². The Bertz CT molecular complexity index is 146. The molecule has 0 aliphatic carbocycles. The van der Waals surface area contributed by atoms with Crippen LogP contribution in [0, 0.1) is 5.92 Å². The van der Waals surface area contributed by atoms with Gasteiger partial charge in [0.1, 0.15) is 12.2 Å². The van der Waals surface area contributed by atoms with Gasteiger partial charge in [0.2, 0.25) is 0 Å². The fourth-order valence-corrected chi connectivity index (χ4v) is 1.23. The van der Waals surface area contributed by atoms with E-state index in [2.05, 4.69) is 0 Å². The van der Waals surface area contributed by atoms with Gasteiger partial charge in [0.15, 0.2) is 6.29 Å². The molecular weight excluding hydrogens is 164 g/mol. The molecule has 0 aromatic carbocycles. The van der Waals surface area contributed by atoms with Crippen LogP contribution in [0.3, 0.4) is 0 Å². The molecular formula is C7H14O5. The monoisotopic (exact) mass is 178 g/mol. The summed E-state index contributed by atoms with van der Waals surface area (Å²) < 4.78 is 4.83. The molecule has 0 aromatic rings. The van der Waals surface area contributed by atoms with Crippen LogP contribution in [0.25, 0.3) is 0 Å². The maximum atomic E-state index is 9.32. The molecule has 5 nitrogen and oxygen atoms in total. The average Bonchev–Trinajstić information content (AvgIpc) is 2.08. The minimum atomic E-state index is -1.13. The second-order valence-electron chi connectivity index (χ2n) is 3.09. The van der Waals surface area contributed by atoms with Gasteiger partial charge < -0.3 is 25.2 Å². The van der Waals surface area contributed by atoms with Crippen molar-refractivity contribution in [2.45, 2.75) is 31.5 Å². The van der Waals surface area contributed by atoms with Crippen LogP contribution in [-0.2, 0) is 4.74 Å². The lowest BCUT2D eigenvalue weighted by Gasteiger charge is -2.38. The highest BCUT2D eigenvalue weighted by Crippen LogP contribution is 2.23. The number of hydrogen-bond acceptors (Lipinski definition) is 5. The molecule has 0 spiro atoms. The van der Waals surface area contributed by atoms with Gasteiger partial charge in [-0.2, -0.15) is 0 Å². The fourth-order valence-electron chi connectivity index (χ4n) is 1.23. The van der Waals surface area contributed by atoms with Crippen molar-refractivity contribution >= 4 is 0 Å². The average molecular weight is 178 g/mol. The molecule has 1 saturated heterocycles. The van der Waals surface area contributed by atoms with Crippen molar-refractivity contribution < 1.29 is 25.2 Å². The summed E-state index contributed by atoms with van der Waals surface area (Å²) in [5.41, 5.74) is 0. The third-order valence-corrected chi connectivity index (χ3v) is 2.21. The fraction of sp³-hybridized carbons (Fsp3) is 1.00. The molecule has 12 heavy (non-hydrogen) atoms. The Kier molecular flexibility index (Phi) is 3.03. The Morgan fingerprint density at radius 3 is 2.25 bits per heavy atom. The maximum absolute atomic E-state index is 9.32. The minimum absolute atomic E-state index is 0.415. The van der Waals surface area contributed by atoms with Crippen LogP contribution in [0.15, 0.2) is 0 Å². The molecule has 0 aromatic heterocycles. The number of rotatable bonds is 1. The zero-order valence-electron chi connectivity index (χ0n) is 6.79. The van der Waals surface area contributed by atoms with Crippen molar-refractivity contribution in [3.05, 3.63) is 0 Å². The Morgan fingerprint density at radius 1 is 1.17 bits per heavy atom. The Balaban J connectivity index is 2.63. The van der Waals surface area contributed by atoms with Crippen LogP contribution in [0.1, 0.15) is 6.92 Å². The number of aliphatic hydroxyl groups excluding tert-OH is 4. The summed E-state index contributed by atoms with van der Waals surface area (Å²) in [4.78, 5) is 0. The van der Waals surface area contributed by atoms with E-state index in [4.69, 9.17) is 14.9 Å². The maximum Gasteiger partial charge on any atom is 0.160 e. The Labute approximate surface area is 70.2 Å². The number of aliphatic hydroxyl groups is 4. The Hall–Kier alpha value is -0.200. The van der Waals surface area contributed by atoms with Gasteiger partial charge in [0.05, 0.1) is 12.7 Å². The molecule has 1 aliphatic heterocycles. The summed E-state index contributed by atoms with van der Waals surface area (Å²) in [5.74, 6) is -0.539. The van der Waals surface area contributed by atoms with Gasteiger partial charge in [-0.25, -0.2) is 0 Å². The Morgan fingerprint density at radius 2 is 1.75 bits per heavy atom. The molecule has 1 heterocycles. The van der Waals surface area contributed by atoms with Crippen LogP contribution in [-0.4, -0.2) is 51.6 Å². The molecule has 1 fully saturated rings. The van der Waals surface area contributed by atoms with Gasteiger partial charge >= 0.3 is 0 Å². The quantitative estimate of drug-likeness (QED) is 0.375. The molecule has 0 bridgehead atoms. The van der Waals surface area contributed by atoms with Crippen molar-refractivity contribution in [3.63, 3.8) is 0 Å². The van der Waals surface area contributed by atoms with Crippen molar-refractivity contribution in [1.82, 2.24) is 0 Å². The molecule has 1 aliphatic rings. The lowest BCUT2D eigenvalue weighted by atomic mass is 9.93. The summed E-state index contributed by atoms with van der Waals surface area (Å²) in [6.07, 6.45) is -4.20. The number of hydrogen-bond donors (Lipinski definition) is 4. The van der Waals surface area contributed by atoms with Gasteiger partial charge in [-0.1, -0.05) is 6.92 Å². The van der Waals surface area contributed by atoms with Gasteiger partial charge in [-0.05, 0) is 0 Å². The highest BCUT2D eigenvalue weighted by atomic mass is 16.6. The summed E-state index contributed by atoms with van der Waals surface area (Å²) in [6, 6.07) is 0. The van der Waals surface area contributed by atoms with Crippen LogP contribution < -0.4 is 0 Å². The van der Waals surface area contributed by atoms with Crippen LogP contribution >= 0.6 is 0 Å². The highest BCUT2D eigenvalue weighted by Gasteiger charge is 2.40. The third kappa shape index (κ3) is 1.60. The van der Waals surface area contributed by atoms with E-state index in [9.17, 15) is 10.2 Å². The summed E-state index contributed by atoms with van der Waals surface area (Å²) in [7, 11) is 0. The van der Waals surface area contributed by atoms with Crippen molar-refractivity contribution in [2.24, 2.45) is 5.92 Å². The normalized spacial score (nSPS) is 49.2. The first-order valence-corrected chi connectivity index (χ1v) is 3.88. The van der Waals surface area contributed by atoms with Gasteiger partial charge in [-0.15, -0.1) is 0 Å². The van der Waals surface area contributed by atoms with Crippen LogP contribution in [0.2, 0.25) is 0 Å². The highest BCUT2D eigenvalue weighted by molar-refractivity contribution is 4.86. The van der Waals surface area contributed by atoms with E-state index in [0.717, 1.165) is 0 Å². The molecule has 2 unspecified atom stereocenters. The zero-order chi connectivity index (χ0) is 9.30. The number of ether oxygens (including phenoxy) is 1. The van der Waals surface area contributed by atoms with Crippen LogP contribution in [0.5, 0.6) is 0 Å². The van der Waals surface area contributed by atoms with E-state index in [1.165, 1.54) is 0 Å².